The second-order valence-electron chi connectivity index (χ2n) is 5.53. The van der Waals surface area contributed by atoms with Crippen LogP contribution in [-0.2, 0) is 17.6 Å². The highest BCUT2D eigenvalue weighted by atomic mass is 16.3. The zero-order valence-electron chi connectivity index (χ0n) is 12.9. The fourth-order valence-electron chi connectivity index (χ4n) is 2.36. The van der Waals surface area contributed by atoms with Crippen molar-refractivity contribution >= 4 is 5.91 Å². The SMILES string of the molecule is Cc1cccc(CCNC(=O)Cc2cc(O)c(O)cc2C)c1. The van der Waals surface area contributed by atoms with Gasteiger partial charge in [-0.1, -0.05) is 29.8 Å². The molecule has 0 radical (unpaired) electrons. The molecule has 0 heterocycles. The Balaban J connectivity index is 1.87. The molecule has 2 aromatic carbocycles. The van der Waals surface area contributed by atoms with Crippen molar-refractivity contribution in [1.82, 2.24) is 5.32 Å². The average molecular weight is 299 g/mol. The van der Waals surface area contributed by atoms with Gasteiger partial charge in [-0.25, -0.2) is 0 Å². The number of nitrogens with one attached hydrogen (secondary N) is 1. The highest BCUT2D eigenvalue weighted by Crippen LogP contribution is 2.28. The first-order valence-electron chi connectivity index (χ1n) is 7.29. The van der Waals surface area contributed by atoms with Gasteiger partial charge in [0, 0.05) is 6.54 Å². The highest BCUT2D eigenvalue weighted by Gasteiger charge is 2.09. The maximum absolute atomic E-state index is 12.0. The molecule has 4 nitrogen and oxygen atoms in total. The van der Waals surface area contributed by atoms with Crippen LogP contribution in [0.4, 0.5) is 0 Å². The summed E-state index contributed by atoms with van der Waals surface area (Å²) in [5, 5.41) is 21.8. The highest BCUT2D eigenvalue weighted by molar-refractivity contribution is 5.79. The van der Waals surface area contributed by atoms with E-state index in [0.717, 1.165) is 12.0 Å². The maximum atomic E-state index is 12.0. The lowest BCUT2D eigenvalue weighted by molar-refractivity contribution is -0.120. The minimum Gasteiger partial charge on any atom is -0.504 e. The molecule has 0 aliphatic heterocycles. The molecule has 0 bridgehead atoms. The van der Waals surface area contributed by atoms with Crippen molar-refractivity contribution in [2.24, 2.45) is 0 Å². The minimum absolute atomic E-state index is 0.0964. The van der Waals surface area contributed by atoms with Gasteiger partial charge in [0.2, 0.25) is 5.91 Å². The van der Waals surface area contributed by atoms with Gasteiger partial charge in [-0.15, -0.1) is 0 Å². The van der Waals surface area contributed by atoms with Crippen molar-refractivity contribution in [3.63, 3.8) is 0 Å². The van der Waals surface area contributed by atoms with Crippen molar-refractivity contribution < 1.29 is 15.0 Å². The third-order valence-electron chi connectivity index (χ3n) is 3.60. The van der Waals surface area contributed by atoms with Crippen molar-refractivity contribution in [2.45, 2.75) is 26.7 Å². The molecule has 3 N–H and O–H groups in total. The van der Waals surface area contributed by atoms with Gasteiger partial charge in [0.25, 0.3) is 0 Å². The van der Waals surface area contributed by atoms with E-state index in [-0.39, 0.29) is 23.8 Å². The van der Waals surface area contributed by atoms with Crippen LogP contribution in [-0.4, -0.2) is 22.7 Å². The Labute approximate surface area is 130 Å². The summed E-state index contributed by atoms with van der Waals surface area (Å²) in [5.41, 5.74) is 3.89. The summed E-state index contributed by atoms with van der Waals surface area (Å²) in [7, 11) is 0. The van der Waals surface area contributed by atoms with E-state index < -0.39 is 0 Å². The minimum atomic E-state index is -0.201. The molecular weight excluding hydrogens is 278 g/mol. The maximum Gasteiger partial charge on any atom is 0.224 e. The third-order valence-corrected chi connectivity index (χ3v) is 3.60. The summed E-state index contributed by atoms with van der Waals surface area (Å²) >= 11 is 0. The molecule has 0 aliphatic rings. The van der Waals surface area contributed by atoms with Crippen LogP contribution in [0, 0.1) is 13.8 Å². The zero-order chi connectivity index (χ0) is 16.1. The molecule has 0 atom stereocenters. The van der Waals surface area contributed by atoms with E-state index in [2.05, 4.69) is 11.4 Å². The van der Waals surface area contributed by atoms with Crippen LogP contribution in [0.3, 0.4) is 0 Å². The number of hydrogen-bond acceptors (Lipinski definition) is 3. The Hall–Kier alpha value is -2.49. The summed E-state index contributed by atoms with van der Waals surface area (Å²) in [6.45, 7) is 4.42. The lowest BCUT2D eigenvalue weighted by Crippen LogP contribution is -2.27. The topological polar surface area (TPSA) is 69.6 Å². The van der Waals surface area contributed by atoms with Crippen LogP contribution in [0.15, 0.2) is 36.4 Å². The van der Waals surface area contributed by atoms with E-state index in [1.165, 1.54) is 23.3 Å². The second kappa shape index (κ2) is 6.98. The van der Waals surface area contributed by atoms with Gasteiger partial charge in [0.15, 0.2) is 11.5 Å². The zero-order valence-corrected chi connectivity index (χ0v) is 12.9. The van der Waals surface area contributed by atoms with Gasteiger partial charge in [0.1, 0.15) is 0 Å². The predicted molar refractivity (Wildman–Crippen MR) is 86.1 cm³/mol. The molecule has 0 spiro atoms. The summed E-state index contributed by atoms with van der Waals surface area (Å²) < 4.78 is 0. The molecule has 0 fully saturated rings. The summed E-state index contributed by atoms with van der Waals surface area (Å²) in [4.78, 5) is 12.0. The molecule has 1 amide bonds. The molecule has 116 valence electrons. The molecule has 0 unspecified atom stereocenters. The Morgan fingerprint density at radius 2 is 1.82 bits per heavy atom. The molecule has 0 saturated carbocycles. The Bertz CT molecular complexity index is 680. The number of phenols is 2. The quantitative estimate of drug-likeness (QED) is 0.743. The van der Waals surface area contributed by atoms with E-state index in [1.807, 2.05) is 25.1 Å². The first-order valence-corrected chi connectivity index (χ1v) is 7.29. The second-order valence-corrected chi connectivity index (χ2v) is 5.53. The first kappa shape index (κ1) is 15.9. The van der Waals surface area contributed by atoms with E-state index >= 15 is 0 Å². The van der Waals surface area contributed by atoms with Gasteiger partial charge in [-0.2, -0.15) is 0 Å². The molecule has 2 aromatic rings. The number of benzene rings is 2. The van der Waals surface area contributed by atoms with Crippen molar-refractivity contribution in [1.29, 1.82) is 0 Å². The van der Waals surface area contributed by atoms with Crippen LogP contribution in [0.25, 0.3) is 0 Å². The fraction of sp³-hybridized carbons (Fsp3) is 0.278. The standard InChI is InChI=1S/C18H21NO3/c1-12-4-3-5-14(8-12)6-7-19-18(22)11-15-10-17(21)16(20)9-13(15)2/h3-5,8-10,20-21H,6-7,11H2,1-2H3,(H,19,22). The lowest BCUT2D eigenvalue weighted by Gasteiger charge is -2.09. The van der Waals surface area contributed by atoms with E-state index in [1.54, 1.807) is 6.92 Å². The summed E-state index contributed by atoms with van der Waals surface area (Å²) in [6.07, 6.45) is 0.973. The summed E-state index contributed by atoms with van der Waals surface area (Å²) in [6, 6.07) is 11.1. The van der Waals surface area contributed by atoms with Crippen molar-refractivity contribution in [2.75, 3.05) is 6.54 Å². The van der Waals surface area contributed by atoms with Crippen molar-refractivity contribution in [3.05, 3.63) is 58.7 Å². The monoisotopic (exact) mass is 299 g/mol. The smallest absolute Gasteiger partial charge is 0.224 e. The molecule has 4 heteroatoms. The van der Waals surface area contributed by atoms with Gasteiger partial charge in [0.05, 0.1) is 6.42 Å². The molecule has 0 aromatic heterocycles. The Morgan fingerprint density at radius 1 is 1.09 bits per heavy atom. The molecule has 0 saturated heterocycles. The number of carbonyl (C=O) groups is 1. The average Bonchev–Trinajstić information content (AvgIpc) is 2.45. The first-order chi connectivity index (χ1) is 10.5. The van der Waals surface area contributed by atoms with Gasteiger partial charge in [-0.05, 0) is 49.1 Å². The van der Waals surface area contributed by atoms with Gasteiger partial charge < -0.3 is 15.5 Å². The Kier molecular flexibility index (Phi) is 5.04. The molecule has 0 aliphatic carbocycles. The van der Waals surface area contributed by atoms with Crippen LogP contribution >= 0.6 is 0 Å². The number of phenolic OH excluding ortho intramolecular Hbond substituents is 2. The third kappa shape index (κ3) is 4.25. The van der Waals surface area contributed by atoms with Gasteiger partial charge in [-0.3, -0.25) is 4.79 Å². The van der Waals surface area contributed by atoms with E-state index in [4.69, 9.17) is 0 Å². The van der Waals surface area contributed by atoms with Crippen molar-refractivity contribution in [3.8, 4) is 11.5 Å². The van der Waals surface area contributed by atoms with E-state index in [0.29, 0.717) is 12.1 Å². The number of amides is 1. The predicted octanol–water partition coefficient (Wildman–Crippen LogP) is 2.62. The van der Waals surface area contributed by atoms with Crippen LogP contribution < -0.4 is 5.32 Å². The van der Waals surface area contributed by atoms with Crippen LogP contribution in [0.1, 0.15) is 22.3 Å². The lowest BCUT2D eigenvalue weighted by atomic mass is 10.0. The van der Waals surface area contributed by atoms with Crippen LogP contribution in [0.2, 0.25) is 0 Å². The summed E-state index contributed by atoms with van der Waals surface area (Å²) in [5.74, 6) is -0.463. The number of aromatic hydroxyl groups is 2. The van der Waals surface area contributed by atoms with Crippen LogP contribution in [0.5, 0.6) is 11.5 Å². The van der Waals surface area contributed by atoms with E-state index in [9.17, 15) is 15.0 Å². The molecular formula is C18H21NO3. The normalized spacial score (nSPS) is 10.5. The number of rotatable bonds is 5. The molecule has 22 heavy (non-hydrogen) atoms. The number of hydrogen-bond donors (Lipinski definition) is 3. The largest absolute Gasteiger partial charge is 0.504 e. The number of carbonyl (C=O) groups excluding carboxylic acids is 1. The van der Waals surface area contributed by atoms with Gasteiger partial charge >= 0.3 is 0 Å². The fourth-order valence-corrected chi connectivity index (χ4v) is 2.36. The molecule has 2 rings (SSSR count). The Morgan fingerprint density at radius 3 is 2.55 bits per heavy atom. The number of aryl methyl sites for hydroxylation is 2.